The highest BCUT2D eigenvalue weighted by atomic mass is 32.1. The van der Waals surface area contributed by atoms with Gasteiger partial charge in [-0.25, -0.2) is 0 Å². The molecule has 0 radical (unpaired) electrons. The second-order valence-electron chi connectivity index (χ2n) is 5.51. The number of amides is 1. The van der Waals surface area contributed by atoms with Gasteiger partial charge in [-0.15, -0.1) is 0 Å². The Morgan fingerprint density at radius 1 is 1.31 bits per heavy atom. The smallest absolute Gasteiger partial charge is 0.262 e. The van der Waals surface area contributed by atoms with E-state index in [0.717, 1.165) is 11.3 Å². The van der Waals surface area contributed by atoms with E-state index in [1.165, 1.54) is 0 Å². The third-order valence-electron chi connectivity index (χ3n) is 3.71. The molecule has 0 fully saturated rings. The van der Waals surface area contributed by atoms with Gasteiger partial charge in [0.05, 0.1) is 24.2 Å². The Morgan fingerprint density at radius 2 is 2.12 bits per heavy atom. The number of carbonyl (C=O) groups excluding carboxylic acids is 1. The second kappa shape index (κ2) is 7.83. The summed E-state index contributed by atoms with van der Waals surface area (Å²) in [6, 6.07) is 12.9. The van der Waals surface area contributed by atoms with Crippen molar-refractivity contribution < 1.29 is 14.3 Å². The van der Waals surface area contributed by atoms with Crippen molar-refractivity contribution >= 4 is 40.3 Å². The van der Waals surface area contributed by atoms with Crippen molar-refractivity contribution in [3.05, 3.63) is 48.0 Å². The van der Waals surface area contributed by atoms with Crippen LogP contribution in [0.15, 0.2) is 47.6 Å². The van der Waals surface area contributed by atoms with Crippen molar-refractivity contribution in [2.24, 2.45) is 5.10 Å². The van der Waals surface area contributed by atoms with E-state index in [4.69, 9.17) is 21.7 Å². The summed E-state index contributed by atoms with van der Waals surface area (Å²) in [6.45, 7) is 1.87. The number of hydrogen-bond acceptors (Lipinski definition) is 5. The lowest BCUT2D eigenvalue weighted by Gasteiger charge is -2.18. The summed E-state index contributed by atoms with van der Waals surface area (Å²) in [7, 11) is 1.60. The van der Waals surface area contributed by atoms with Crippen LogP contribution >= 0.6 is 12.2 Å². The monoisotopic (exact) mass is 370 g/mol. The van der Waals surface area contributed by atoms with Gasteiger partial charge in [-0.3, -0.25) is 10.2 Å². The van der Waals surface area contributed by atoms with Crippen LogP contribution in [-0.4, -0.2) is 30.4 Å². The molecule has 0 saturated carbocycles. The molecule has 2 aromatic carbocycles. The summed E-state index contributed by atoms with van der Waals surface area (Å²) in [6.07, 6.45) is 0. The number of benzene rings is 2. The average molecular weight is 370 g/mol. The van der Waals surface area contributed by atoms with Gasteiger partial charge in [0, 0.05) is 0 Å². The number of nitrogens with one attached hydrogen (secondary N) is 3. The molecule has 0 aromatic heterocycles. The Bertz CT molecular complexity index is 882. The van der Waals surface area contributed by atoms with Gasteiger partial charge < -0.3 is 20.1 Å². The molecule has 2 aromatic rings. The van der Waals surface area contributed by atoms with Crippen molar-refractivity contribution in [2.75, 3.05) is 24.4 Å². The number of thiocarbonyl (C=S) groups is 1. The highest BCUT2D eigenvalue weighted by Crippen LogP contribution is 2.28. The van der Waals surface area contributed by atoms with Crippen LogP contribution in [0.25, 0.3) is 0 Å². The number of anilines is 2. The molecule has 0 spiro atoms. The van der Waals surface area contributed by atoms with Crippen molar-refractivity contribution in [3.8, 4) is 11.5 Å². The van der Waals surface area contributed by atoms with E-state index >= 15 is 0 Å². The second-order valence-corrected chi connectivity index (χ2v) is 5.92. The van der Waals surface area contributed by atoms with Crippen LogP contribution in [0.3, 0.4) is 0 Å². The molecule has 1 heterocycles. The molecule has 1 aliphatic rings. The molecule has 0 atom stereocenters. The van der Waals surface area contributed by atoms with Crippen LogP contribution in [0.4, 0.5) is 11.4 Å². The van der Waals surface area contributed by atoms with Crippen molar-refractivity contribution in [1.82, 2.24) is 5.43 Å². The standard InChI is InChI=1S/C18H18N4O3S/c1-11(12-7-8-16-14(9-12)19-17(23)10-25-16)21-22-18(26)20-13-5-3-4-6-15(13)24-2/h3-9H,10H2,1-2H3,(H,19,23)(H2,20,22,26)/b21-11-. The van der Waals surface area contributed by atoms with Gasteiger partial charge in [-0.05, 0) is 55.0 Å². The maximum absolute atomic E-state index is 11.4. The van der Waals surface area contributed by atoms with Gasteiger partial charge in [-0.1, -0.05) is 12.1 Å². The summed E-state index contributed by atoms with van der Waals surface area (Å²) in [4.78, 5) is 11.4. The first-order chi connectivity index (χ1) is 12.6. The Kier molecular flexibility index (Phi) is 5.33. The number of hydrazone groups is 1. The average Bonchev–Trinajstić information content (AvgIpc) is 2.66. The number of nitrogens with zero attached hydrogens (tertiary/aromatic N) is 1. The quantitative estimate of drug-likeness (QED) is 0.436. The number of rotatable bonds is 4. The van der Waals surface area contributed by atoms with Crippen LogP contribution in [0.2, 0.25) is 0 Å². The van der Waals surface area contributed by atoms with Gasteiger partial charge in [0.2, 0.25) is 0 Å². The van der Waals surface area contributed by atoms with Crippen molar-refractivity contribution in [1.29, 1.82) is 0 Å². The predicted molar refractivity (Wildman–Crippen MR) is 105 cm³/mol. The number of fused-ring (bicyclic) bond motifs is 1. The molecule has 1 aliphatic heterocycles. The zero-order valence-electron chi connectivity index (χ0n) is 14.3. The van der Waals surface area contributed by atoms with E-state index in [-0.39, 0.29) is 12.5 Å². The minimum absolute atomic E-state index is 0.0316. The molecule has 1 amide bonds. The summed E-state index contributed by atoms with van der Waals surface area (Å²) >= 11 is 5.26. The van der Waals surface area contributed by atoms with Crippen LogP contribution in [0.5, 0.6) is 11.5 Å². The molecule has 0 bridgehead atoms. The minimum Gasteiger partial charge on any atom is -0.495 e. The number of ether oxygens (including phenoxy) is 2. The largest absolute Gasteiger partial charge is 0.495 e. The first-order valence-electron chi connectivity index (χ1n) is 7.88. The molecule has 3 N–H and O–H groups in total. The molecule has 0 unspecified atom stereocenters. The third kappa shape index (κ3) is 4.09. The van der Waals surface area contributed by atoms with Crippen LogP contribution < -0.4 is 25.5 Å². The lowest BCUT2D eigenvalue weighted by atomic mass is 10.1. The van der Waals surface area contributed by atoms with E-state index in [1.807, 2.05) is 43.3 Å². The van der Waals surface area contributed by atoms with Crippen molar-refractivity contribution in [2.45, 2.75) is 6.92 Å². The molecule has 0 aliphatic carbocycles. The van der Waals surface area contributed by atoms with Crippen molar-refractivity contribution in [3.63, 3.8) is 0 Å². The fraction of sp³-hybridized carbons (Fsp3) is 0.167. The summed E-state index contributed by atoms with van der Waals surface area (Å²) in [5.41, 5.74) is 5.72. The first-order valence-corrected chi connectivity index (χ1v) is 8.29. The Balaban J connectivity index is 1.67. The molecule has 7 nitrogen and oxygen atoms in total. The maximum atomic E-state index is 11.4. The van der Waals surface area contributed by atoms with Crippen LogP contribution in [0, 0.1) is 0 Å². The molecule has 134 valence electrons. The Labute approximate surface area is 156 Å². The lowest BCUT2D eigenvalue weighted by molar-refractivity contribution is -0.118. The lowest BCUT2D eigenvalue weighted by Crippen LogP contribution is -2.26. The molecular weight excluding hydrogens is 352 g/mol. The SMILES string of the molecule is COc1ccccc1NC(=S)N/N=C(/C)c1ccc2c(c1)NC(=O)CO2. The topological polar surface area (TPSA) is 84.0 Å². The van der Waals surface area contributed by atoms with Gasteiger partial charge in [0.25, 0.3) is 5.91 Å². The molecule has 0 saturated heterocycles. The normalized spacial score (nSPS) is 13.2. The highest BCUT2D eigenvalue weighted by Gasteiger charge is 2.16. The van der Waals surface area contributed by atoms with Crippen LogP contribution in [0.1, 0.15) is 12.5 Å². The number of carbonyl (C=O) groups is 1. The fourth-order valence-electron chi connectivity index (χ4n) is 2.41. The van der Waals surface area contributed by atoms with Gasteiger partial charge >= 0.3 is 0 Å². The summed E-state index contributed by atoms with van der Waals surface area (Å²) < 4.78 is 10.6. The molecule has 26 heavy (non-hydrogen) atoms. The van der Waals surface area contributed by atoms with E-state index in [1.54, 1.807) is 13.2 Å². The fourth-order valence-corrected chi connectivity index (χ4v) is 2.56. The Hall–Kier alpha value is -3.13. The predicted octanol–water partition coefficient (Wildman–Crippen LogP) is 2.74. The highest BCUT2D eigenvalue weighted by molar-refractivity contribution is 7.80. The van der Waals surface area contributed by atoms with Gasteiger partial charge in [-0.2, -0.15) is 5.10 Å². The van der Waals surface area contributed by atoms with Gasteiger partial charge in [0.15, 0.2) is 11.7 Å². The zero-order valence-corrected chi connectivity index (χ0v) is 15.1. The molecule has 8 heteroatoms. The minimum atomic E-state index is -0.176. The Morgan fingerprint density at radius 3 is 2.92 bits per heavy atom. The summed E-state index contributed by atoms with van der Waals surface area (Å²) in [5, 5.41) is 10.4. The number of hydrogen-bond donors (Lipinski definition) is 3. The third-order valence-corrected chi connectivity index (χ3v) is 3.90. The van der Waals surface area contributed by atoms with E-state index in [0.29, 0.717) is 28.0 Å². The zero-order chi connectivity index (χ0) is 18.5. The van der Waals surface area contributed by atoms with E-state index < -0.39 is 0 Å². The van der Waals surface area contributed by atoms with E-state index in [2.05, 4.69) is 21.2 Å². The van der Waals surface area contributed by atoms with Crippen LogP contribution in [-0.2, 0) is 4.79 Å². The first kappa shape index (κ1) is 17.7. The summed E-state index contributed by atoms with van der Waals surface area (Å²) in [5.74, 6) is 1.15. The maximum Gasteiger partial charge on any atom is 0.262 e. The van der Waals surface area contributed by atoms with Gasteiger partial charge in [0.1, 0.15) is 11.5 Å². The number of methoxy groups -OCH3 is 1. The number of para-hydroxylation sites is 2. The van der Waals surface area contributed by atoms with E-state index in [9.17, 15) is 4.79 Å². The molecule has 3 rings (SSSR count). The molecular formula is C18H18N4O3S.